The van der Waals surface area contributed by atoms with Gasteiger partial charge in [0, 0.05) is 18.7 Å². The van der Waals surface area contributed by atoms with E-state index in [1.165, 1.54) is 0 Å². The Balaban J connectivity index is 1.87. The van der Waals surface area contributed by atoms with Gasteiger partial charge in [-0.25, -0.2) is 8.42 Å². The predicted octanol–water partition coefficient (Wildman–Crippen LogP) is 4.02. The molecule has 3 rings (SSSR count). The van der Waals surface area contributed by atoms with Crippen LogP contribution in [0, 0.1) is 13.8 Å². The van der Waals surface area contributed by atoms with E-state index in [2.05, 4.69) is 4.72 Å². The van der Waals surface area contributed by atoms with Crippen LogP contribution in [0.3, 0.4) is 0 Å². The van der Waals surface area contributed by atoms with Crippen LogP contribution in [0.1, 0.15) is 37.3 Å². The van der Waals surface area contributed by atoms with Crippen molar-refractivity contribution in [3.05, 3.63) is 47.5 Å². The van der Waals surface area contributed by atoms with E-state index < -0.39 is 10.0 Å². The highest BCUT2D eigenvalue weighted by atomic mass is 32.2. The smallest absolute Gasteiger partial charge is 0.261 e. The summed E-state index contributed by atoms with van der Waals surface area (Å²) in [5, 5.41) is 0. The monoisotopic (exact) mass is 402 g/mol. The van der Waals surface area contributed by atoms with Gasteiger partial charge in [0.15, 0.2) is 0 Å². The summed E-state index contributed by atoms with van der Waals surface area (Å²) in [6.45, 7) is 6.74. The maximum Gasteiger partial charge on any atom is 0.261 e. The molecule has 1 saturated heterocycles. The van der Waals surface area contributed by atoms with Crippen molar-refractivity contribution >= 4 is 27.3 Å². The van der Waals surface area contributed by atoms with E-state index in [0.29, 0.717) is 36.7 Å². The zero-order valence-electron chi connectivity index (χ0n) is 16.5. The number of ether oxygens (including phenoxy) is 1. The number of nitrogens with zero attached hydrogens (tertiary/aromatic N) is 1. The van der Waals surface area contributed by atoms with Crippen LogP contribution in [0.15, 0.2) is 41.3 Å². The summed E-state index contributed by atoms with van der Waals surface area (Å²) >= 11 is 0. The molecule has 0 atom stereocenters. The van der Waals surface area contributed by atoms with E-state index in [9.17, 15) is 13.2 Å². The quantitative estimate of drug-likeness (QED) is 0.792. The topological polar surface area (TPSA) is 75.7 Å². The van der Waals surface area contributed by atoms with E-state index in [-0.39, 0.29) is 10.8 Å². The number of amides is 1. The highest BCUT2D eigenvalue weighted by molar-refractivity contribution is 7.92. The number of benzene rings is 2. The minimum absolute atomic E-state index is 0.0732. The van der Waals surface area contributed by atoms with Gasteiger partial charge in [0.05, 0.1) is 17.2 Å². The van der Waals surface area contributed by atoms with E-state index in [1.807, 2.05) is 26.8 Å². The number of hydrogen-bond donors (Lipinski definition) is 1. The Bertz CT molecular complexity index is 963. The molecule has 0 aromatic heterocycles. The zero-order valence-corrected chi connectivity index (χ0v) is 17.3. The number of aryl methyl sites for hydroxylation is 2. The lowest BCUT2D eigenvalue weighted by atomic mass is 10.1. The first-order chi connectivity index (χ1) is 13.3. The van der Waals surface area contributed by atoms with Crippen LogP contribution in [0.4, 0.5) is 11.4 Å². The summed E-state index contributed by atoms with van der Waals surface area (Å²) in [5.74, 6) is 0.788. The van der Waals surface area contributed by atoms with Gasteiger partial charge >= 0.3 is 0 Å². The molecule has 1 heterocycles. The van der Waals surface area contributed by atoms with Crippen molar-refractivity contribution < 1.29 is 17.9 Å². The van der Waals surface area contributed by atoms with Crippen molar-refractivity contribution in [1.82, 2.24) is 0 Å². The second kappa shape index (κ2) is 8.22. The van der Waals surface area contributed by atoms with Crippen molar-refractivity contribution in [1.29, 1.82) is 0 Å². The van der Waals surface area contributed by atoms with Gasteiger partial charge in [0.25, 0.3) is 10.0 Å². The van der Waals surface area contributed by atoms with Gasteiger partial charge in [-0.05, 0) is 75.1 Å². The van der Waals surface area contributed by atoms with Gasteiger partial charge in [-0.1, -0.05) is 6.07 Å². The molecule has 1 fully saturated rings. The minimum atomic E-state index is -3.76. The SMILES string of the molecule is CCOc1c(C)cc(S(=O)(=O)Nc2cccc(N3CCCCC3=O)c2)cc1C. The molecule has 28 heavy (non-hydrogen) atoms. The Morgan fingerprint density at radius 1 is 1.11 bits per heavy atom. The molecule has 7 heteroatoms. The lowest BCUT2D eigenvalue weighted by molar-refractivity contribution is -0.119. The van der Waals surface area contributed by atoms with Crippen LogP contribution in [-0.4, -0.2) is 27.5 Å². The molecule has 1 N–H and O–H groups in total. The fourth-order valence-electron chi connectivity index (χ4n) is 3.47. The third kappa shape index (κ3) is 4.30. The summed E-state index contributed by atoms with van der Waals surface area (Å²) in [7, 11) is -3.76. The molecule has 6 nitrogen and oxygen atoms in total. The Hall–Kier alpha value is -2.54. The molecule has 1 aliphatic rings. The lowest BCUT2D eigenvalue weighted by Gasteiger charge is -2.27. The van der Waals surface area contributed by atoms with Crippen LogP contribution in [0.2, 0.25) is 0 Å². The Morgan fingerprint density at radius 3 is 2.46 bits per heavy atom. The van der Waals surface area contributed by atoms with Gasteiger partial charge in [0.1, 0.15) is 5.75 Å². The summed E-state index contributed by atoms with van der Waals surface area (Å²) in [6.07, 6.45) is 2.38. The number of rotatable bonds is 6. The predicted molar refractivity (Wildman–Crippen MR) is 111 cm³/mol. The number of piperidine rings is 1. The molecular weight excluding hydrogens is 376 g/mol. The average molecular weight is 403 g/mol. The largest absolute Gasteiger partial charge is 0.493 e. The minimum Gasteiger partial charge on any atom is -0.493 e. The number of anilines is 2. The molecule has 0 spiro atoms. The third-order valence-electron chi connectivity index (χ3n) is 4.77. The van der Waals surface area contributed by atoms with E-state index in [4.69, 9.17) is 4.74 Å². The van der Waals surface area contributed by atoms with Gasteiger partial charge in [-0.15, -0.1) is 0 Å². The highest BCUT2D eigenvalue weighted by Crippen LogP contribution is 2.29. The maximum atomic E-state index is 12.9. The van der Waals surface area contributed by atoms with Crippen LogP contribution in [0.25, 0.3) is 0 Å². The van der Waals surface area contributed by atoms with Gasteiger partial charge < -0.3 is 9.64 Å². The summed E-state index contributed by atoms with van der Waals surface area (Å²) < 4.78 is 34.0. The van der Waals surface area contributed by atoms with Crippen molar-refractivity contribution in [2.45, 2.75) is 44.9 Å². The molecular formula is C21H26N2O4S. The molecule has 2 aromatic carbocycles. The molecule has 1 amide bonds. The first-order valence-electron chi connectivity index (χ1n) is 9.49. The van der Waals surface area contributed by atoms with Crippen LogP contribution >= 0.6 is 0 Å². The fraction of sp³-hybridized carbons (Fsp3) is 0.381. The molecule has 0 aliphatic carbocycles. The van der Waals surface area contributed by atoms with Gasteiger partial charge in [-0.3, -0.25) is 9.52 Å². The van der Waals surface area contributed by atoms with Gasteiger partial charge in [0.2, 0.25) is 5.91 Å². The number of carbonyl (C=O) groups is 1. The molecule has 2 aromatic rings. The first-order valence-corrected chi connectivity index (χ1v) is 11.0. The number of carbonyl (C=O) groups excluding carboxylic acids is 1. The fourth-order valence-corrected chi connectivity index (χ4v) is 4.69. The van der Waals surface area contributed by atoms with Crippen LogP contribution in [0.5, 0.6) is 5.75 Å². The van der Waals surface area contributed by atoms with E-state index in [1.54, 1.807) is 35.2 Å². The maximum absolute atomic E-state index is 12.9. The summed E-state index contributed by atoms with van der Waals surface area (Å²) in [4.78, 5) is 14.0. The average Bonchev–Trinajstić information content (AvgIpc) is 2.65. The van der Waals surface area contributed by atoms with Crippen molar-refractivity contribution in [2.75, 3.05) is 22.8 Å². The Morgan fingerprint density at radius 2 is 1.82 bits per heavy atom. The Labute approximate surface area is 166 Å². The first kappa shape index (κ1) is 20.2. The van der Waals surface area contributed by atoms with Gasteiger partial charge in [-0.2, -0.15) is 0 Å². The molecule has 150 valence electrons. The number of sulfonamides is 1. The molecule has 1 aliphatic heterocycles. The molecule has 0 saturated carbocycles. The normalized spacial score (nSPS) is 14.8. The lowest BCUT2D eigenvalue weighted by Crippen LogP contribution is -2.35. The second-order valence-corrected chi connectivity index (χ2v) is 8.66. The second-order valence-electron chi connectivity index (χ2n) is 6.98. The van der Waals surface area contributed by atoms with Crippen molar-refractivity contribution in [3.63, 3.8) is 0 Å². The number of nitrogens with one attached hydrogen (secondary N) is 1. The van der Waals surface area contributed by atoms with Crippen molar-refractivity contribution in [3.8, 4) is 5.75 Å². The third-order valence-corrected chi connectivity index (χ3v) is 6.13. The van der Waals surface area contributed by atoms with Crippen molar-refractivity contribution in [2.24, 2.45) is 0 Å². The number of hydrogen-bond acceptors (Lipinski definition) is 4. The summed E-state index contributed by atoms with van der Waals surface area (Å²) in [6, 6.07) is 10.2. The van der Waals surface area contributed by atoms with Crippen LogP contribution in [-0.2, 0) is 14.8 Å². The molecule has 0 bridgehead atoms. The molecule has 0 unspecified atom stereocenters. The van der Waals surface area contributed by atoms with E-state index in [0.717, 1.165) is 24.0 Å². The van der Waals surface area contributed by atoms with Crippen LogP contribution < -0.4 is 14.4 Å². The zero-order chi connectivity index (χ0) is 20.3. The highest BCUT2D eigenvalue weighted by Gasteiger charge is 2.21. The molecule has 0 radical (unpaired) electrons. The Kier molecular flexibility index (Phi) is 5.93. The standard InChI is InChI=1S/C21H26N2O4S/c1-4-27-21-15(2)12-19(13-16(21)3)28(25,26)22-17-8-7-9-18(14-17)23-11-6-5-10-20(23)24/h7-9,12-14,22H,4-6,10-11H2,1-3H3. The van der Waals surface area contributed by atoms with E-state index >= 15 is 0 Å². The summed E-state index contributed by atoms with van der Waals surface area (Å²) in [5.41, 5.74) is 2.69.